The van der Waals surface area contributed by atoms with Crippen LogP contribution >= 0.6 is 0 Å². The molecule has 0 aliphatic carbocycles. The molecular weight excluding hydrogens is 222 g/mol. The normalized spacial score (nSPS) is 13.8. The number of aryl methyl sites for hydroxylation is 1. The van der Waals surface area contributed by atoms with Gasteiger partial charge in [0.25, 0.3) is 0 Å². The molecule has 3 rings (SSSR count). The van der Waals surface area contributed by atoms with Crippen LogP contribution in [0, 0.1) is 0 Å². The molecule has 1 aliphatic rings. The number of hydrogen-bond acceptors (Lipinski definition) is 2. The molecule has 92 valence electrons. The molecule has 2 heteroatoms. The Bertz CT molecular complexity index is 563. The van der Waals surface area contributed by atoms with Crippen LogP contribution in [-0.2, 0) is 13.0 Å². The molecule has 2 aromatic rings. The van der Waals surface area contributed by atoms with E-state index in [-0.39, 0.29) is 0 Å². The van der Waals surface area contributed by atoms with Gasteiger partial charge in [0, 0.05) is 6.54 Å². The summed E-state index contributed by atoms with van der Waals surface area (Å²) in [6, 6.07) is 14.8. The number of benzene rings is 2. The Morgan fingerprint density at radius 1 is 1.11 bits per heavy atom. The zero-order valence-corrected chi connectivity index (χ0v) is 10.4. The summed E-state index contributed by atoms with van der Waals surface area (Å²) >= 11 is 0. The number of hydrogen-bond donors (Lipinski definition) is 1. The van der Waals surface area contributed by atoms with Crippen molar-refractivity contribution in [2.45, 2.75) is 19.4 Å². The summed E-state index contributed by atoms with van der Waals surface area (Å²) in [6.45, 7) is 1.41. The lowest BCUT2D eigenvalue weighted by Gasteiger charge is -2.18. The average Bonchev–Trinajstić information content (AvgIpc) is 2.46. The van der Waals surface area contributed by atoms with E-state index in [1.54, 1.807) is 0 Å². The van der Waals surface area contributed by atoms with E-state index < -0.39 is 0 Å². The van der Waals surface area contributed by atoms with Crippen molar-refractivity contribution in [3.05, 3.63) is 53.6 Å². The Balaban J connectivity index is 2.06. The van der Waals surface area contributed by atoms with Gasteiger partial charge in [-0.15, -0.1) is 0 Å². The largest absolute Gasteiger partial charge is 0.493 e. The summed E-state index contributed by atoms with van der Waals surface area (Å²) in [7, 11) is 0. The number of nitrogens with two attached hydrogens (primary N) is 1. The van der Waals surface area contributed by atoms with Gasteiger partial charge in [-0.25, -0.2) is 0 Å². The Kier molecular flexibility index (Phi) is 3.03. The fraction of sp³-hybridized carbons (Fsp3) is 0.250. The molecule has 0 bridgehead atoms. The third kappa shape index (κ3) is 2.00. The van der Waals surface area contributed by atoms with Crippen molar-refractivity contribution in [1.82, 2.24) is 0 Å². The summed E-state index contributed by atoms with van der Waals surface area (Å²) in [5.41, 5.74) is 10.8. The monoisotopic (exact) mass is 239 g/mol. The van der Waals surface area contributed by atoms with E-state index in [1.165, 1.54) is 22.3 Å². The Labute approximate surface area is 107 Å². The van der Waals surface area contributed by atoms with Crippen LogP contribution in [0.1, 0.15) is 17.5 Å². The van der Waals surface area contributed by atoms with Crippen LogP contribution in [0.15, 0.2) is 42.5 Å². The lowest BCUT2D eigenvalue weighted by Crippen LogP contribution is -2.08. The first-order valence-corrected chi connectivity index (χ1v) is 6.42. The second-order valence-electron chi connectivity index (χ2n) is 4.64. The molecule has 2 aromatic carbocycles. The highest BCUT2D eigenvalue weighted by Gasteiger charge is 2.12. The first-order valence-electron chi connectivity index (χ1n) is 6.42. The van der Waals surface area contributed by atoms with Crippen LogP contribution in [0.25, 0.3) is 11.1 Å². The SMILES string of the molecule is NCc1ccccc1-c1ccc2c(c1)CCCO2. The molecule has 0 spiro atoms. The molecule has 0 radical (unpaired) electrons. The molecule has 1 heterocycles. The maximum atomic E-state index is 5.80. The number of rotatable bonds is 2. The highest BCUT2D eigenvalue weighted by atomic mass is 16.5. The standard InChI is InChI=1S/C16H17NO/c17-11-14-4-1-2-6-15(14)12-7-8-16-13(10-12)5-3-9-18-16/h1-2,4,6-8,10H,3,5,9,11,17H2. The topological polar surface area (TPSA) is 35.2 Å². The van der Waals surface area contributed by atoms with Crippen molar-refractivity contribution in [3.63, 3.8) is 0 Å². The molecule has 18 heavy (non-hydrogen) atoms. The third-order valence-corrected chi connectivity index (χ3v) is 3.46. The van der Waals surface area contributed by atoms with E-state index in [1.807, 2.05) is 6.07 Å². The van der Waals surface area contributed by atoms with Gasteiger partial charge in [0.15, 0.2) is 0 Å². The summed E-state index contributed by atoms with van der Waals surface area (Å²) in [6.07, 6.45) is 2.21. The van der Waals surface area contributed by atoms with Crippen LogP contribution in [0.3, 0.4) is 0 Å². The van der Waals surface area contributed by atoms with Crippen molar-refractivity contribution < 1.29 is 4.74 Å². The zero-order valence-electron chi connectivity index (χ0n) is 10.4. The maximum Gasteiger partial charge on any atom is 0.122 e. The van der Waals surface area contributed by atoms with E-state index in [2.05, 4.69) is 36.4 Å². The molecule has 0 unspecified atom stereocenters. The third-order valence-electron chi connectivity index (χ3n) is 3.46. The molecule has 0 aromatic heterocycles. The lowest BCUT2D eigenvalue weighted by molar-refractivity contribution is 0.288. The summed E-state index contributed by atoms with van der Waals surface area (Å²) in [4.78, 5) is 0. The van der Waals surface area contributed by atoms with Gasteiger partial charge in [0.05, 0.1) is 6.61 Å². The minimum absolute atomic E-state index is 0.573. The Morgan fingerprint density at radius 2 is 2.00 bits per heavy atom. The smallest absolute Gasteiger partial charge is 0.122 e. The van der Waals surface area contributed by atoms with E-state index in [0.717, 1.165) is 25.2 Å². The number of ether oxygens (including phenoxy) is 1. The van der Waals surface area contributed by atoms with Gasteiger partial charge in [0.2, 0.25) is 0 Å². The molecule has 0 fully saturated rings. The lowest BCUT2D eigenvalue weighted by atomic mass is 9.96. The van der Waals surface area contributed by atoms with Crippen LogP contribution in [0.2, 0.25) is 0 Å². The van der Waals surface area contributed by atoms with Gasteiger partial charge in [0.1, 0.15) is 5.75 Å². The van der Waals surface area contributed by atoms with Gasteiger partial charge in [-0.3, -0.25) is 0 Å². The fourth-order valence-corrected chi connectivity index (χ4v) is 2.51. The first kappa shape index (κ1) is 11.3. The van der Waals surface area contributed by atoms with E-state index >= 15 is 0 Å². The molecule has 1 aliphatic heterocycles. The van der Waals surface area contributed by atoms with Gasteiger partial charge >= 0.3 is 0 Å². The Hall–Kier alpha value is -1.80. The molecule has 0 amide bonds. The molecule has 2 nitrogen and oxygen atoms in total. The van der Waals surface area contributed by atoms with Crippen molar-refractivity contribution in [2.24, 2.45) is 5.73 Å². The molecule has 0 atom stereocenters. The highest BCUT2D eigenvalue weighted by molar-refractivity contribution is 5.69. The maximum absolute atomic E-state index is 5.80. The summed E-state index contributed by atoms with van der Waals surface area (Å²) < 4.78 is 5.65. The highest BCUT2D eigenvalue weighted by Crippen LogP contribution is 2.31. The molecule has 0 saturated carbocycles. The van der Waals surface area contributed by atoms with Crippen LogP contribution in [0.4, 0.5) is 0 Å². The summed E-state index contributed by atoms with van der Waals surface area (Å²) in [5.74, 6) is 1.04. The van der Waals surface area contributed by atoms with Gasteiger partial charge in [-0.1, -0.05) is 30.3 Å². The predicted octanol–water partition coefficient (Wildman–Crippen LogP) is 3.14. The van der Waals surface area contributed by atoms with Gasteiger partial charge in [-0.2, -0.15) is 0 Å². The predicted molar refractivity (Wildman–Crippen MR) is 73.6 cm³/mol. The molecule has 2 N–H and O–H groups in total. The van der Waals surface area contributed by atoms with Crippen molar-refractivity contribution in [2.75, 3.05) is 6.61 Å². The van der Waals surface area contributed by atoms with Crippen molar-refractivity contribution >= 4 is 0 Å². The van der Waals surface area contributed by atoms with Crippen LogP contribution < -0.4 is 10.5 Å². The minimum Gasteiger partial charge on any atom is -0.493 e. The molecule has 0 saturated heterocycles. The van der Waals surface area contributed by atoms with Crippen molar-refractivity contribution in [1.29, 1.82) is 0 Å². The zero-order chi connectivity index (χ0) is 12.4. The van der Waals surface area contributed by atoms with Gasteiger partial charge in [-0.05, 0) is 47.2 Å². The van der Waals surface area contributed by atoms with Crippen LogP contribution in [-0.4, -0.2) is 6.61 Å². The molecular formula is C16H17NO. The van der Waals surface area contributed by atoms with Gasteiger partial charge < -0.3 is 10.5 Å². The average molecular weight is 239 g/mol. The fourth-order valence-electron chi connectivity index (χ4n) is 2.51. The Morgan fingerprint density at radius 3 is 2.89 bits per heavy atom. The second kappa shape index (κ2) is 4.83. The van der Waals surface area contributed by atoms with E-state index in [9.17, 15) is 0 Å². The van der Waals surface area contributed by atoms with Crippen LogP contribution in [0.5, 0.6) is 5.75 Å². The number of fused-ring (bicyclic) bond motifs is 1. The second-order valence-corrected chi connectivity index (χ2v) is 4.64. The summed E-state index contributed by atoms with van der Waals surface area (Å²) in [5, 5.41) is 0. The quantitative estimate of drug-likeness (QED) is 0.873. The van der Waals surface area contributed by atoms with E-state index in [0.29, 0.717) is 6.54 Å². The van der Waals surface area contributed by atoms with E-state index in [4.69, 9.17) is 10.5 Å². The first-order chi connectivity index (χ1) is 8.88. The van der Waals surface area contributed by atoms with Crippen molar-refractivity contribution in [3.8, 4) is 16.9 Å². The minimum atomic E-state index is 0.573.